The molecule has 3 heterocycles. The van der Waals surface area contributed by atoms with Crippen LogP contribution in [-0.4, -0.2) is 15.0 Å². The number of rotatable bonds is 5. The predicted octanol–water partition coefficient (Wildman–Crippen LogP) is 13.6. The number of hydrogen-bond donors (Lipinski definition) is 0. The molecule has 0 radical (unpaired) electrons. The number of aromatic nitrogens is 3. The van der Waals surface area contributed by atoms with Crippen LogP contribution in [0, 0.1) is 0 Å². The zero-order chi connectivity index (χ0) is 35.6. The van der Waals surface area contributed by atoms with Crippen molar-refractivity contribution in [3.8, 4) is 56.4 Å². The molecule has 252 valence electrons. The summed E-state index contributed by atoms with van der Waals surface area (Å²) in [4.78, 5) is 15.1. The lowest BCUT2D eigenvalue weighted by molar-refractivity contribution is 0.669. The molecule has 0 unspecified atom stereocenters. The summed E-state index contributed by atoms with van der Waals surface area (Å²) >= 11 is 1.88. The summed E-state index contributed by atoms with van der Waals surface area (Å²) in [6, 6.07) is 61.6. The van der Waals surface area contributed by atoms with Crippen LogP contribution in [0.3, 0.4) is 0 Å². The third-order valence-corrected chi connectivity index (χ3v) is 11.6. The second kappa shape index (κ2) is 12.3. The van der Waals surface area contributed by atoms with Crippen LogP contribution in [0.25, 0.3) is 109 Å². The van der Waals surface area contributed by atoms with Gasteiger partial charge in [-0.1, -0.05) is 152 Å². The SMILES string of the molecule is c1ccc(-c2nc(-c3ccc4c(-c5cccc6c5sc5c(-c7ccccc7)cccc56)cccc4c3)nc(-c3ccc4c(c3)oc3ccccc34)n2)cc1. The molecule has 4 nitrogen and oxygen atoms in total. The van der Waals surface area contributed by atoms with E-state index >= 15 is 0 Å². The zero-order valence-electron chi connectivity index (χ0n) is 28.9. The Balaban J connectivity index is 1.05. The maximum Gasteiger partial charge on any atom is 0.164 e. The molecule has 0 saturated carbocycles. The standard InChI is InChI=1S/C49H29N3OS/c1-3-12-30(13-4-1)36-18-10-21-41-42-22-11-20-40(46(42)54-45(36)41)37-19-9-16-32-28-33(24-26-35(32)37)48-50-47(31-14-5-2-6-15-31)51-49(52-48)34-25-27-39-38-17-7-8-23-43(38)53-44(39)29-34/h1-29H. The Morgan fingerprint density at radius 3 is 1.63 bits per heavy atom. The highest BCUT2D eigenvalue weighted by Crippen LogP contribution is 2.45. The number of thiophene rings is 1. The summed E-state index contributed by atoms with van der Waals surface area (Å²) in [5.74, 6) is 1.85. The number of furan rings is 1. The Bertz CT molecular complexity index is 3220. The number of nitrogens with zero attached hydrogens (tertiary/aromatic N) is 3. The van der Waals surface area contributed by atoms with Gasteiger partial charge in [-0.2, -0.15) is 0 Å². The first-order valence-electron chi connectivity index (χ1n) is 18.0. The Labute approximate surface area is 314 Å². The third-order valence-electron chi connectivity index (χ3n) is 10.3. The average molecular weight is 708 g/mol. The van der Waals surface area contributed by atoms with Crippen LogP contribution < -0.4 is 0 Å². The Kier molecular flexibility index (Phi) is 7.00. The molecule has 3 aromatic heterocycles. The molecule has 0 saturated heterocycles. The van der Waals surface area contributed by atoms with Crippen molar-refractivity contribution in [3.63, 3.8) is 0 Å². The molecule has 11 aromatic rings. The molecule has 5 heteroatoms. The quantitative estimate of drug-likeness (QED) is 0.179. The van der Waals surface area contributed by atoms with Gasteiger partial charge in [0.15, 0.2) is 17.5 Å². The lowest BCUT2D eigenvalue weighted by Crippen LogP contribution is -2.00. The van der Waals surface area contributed by atoms with Crippen molar-refractivity contribution in [2.24, 2.45) is 0 Å². The Morgan fingerprint density at radius 2 is 0.870 bits per heavy atom. The van der Waals surface area contributed by atoms with E-state index in [1.54, 1.807) is 0 Å². The lowest BCUT2D eigenvalue weighted by Gasteiger charge is -2.11. The van der Waals surface area contributed by atoms with Gasteiger partial charge in [-0.05, 0) is 51.7 Å². The molecule has 0 aliphatic heterocycles. The van der Waals surface area contributed by atoms with Gasteiger partial charge in [0.1, 0.15) is 11.2 Å². The monoisotopic (exact) mass is 707 g/mol. The van der Waals surface area contributed by atoms with E-state index in [1.807, 2.05) is 65.9 Å². The van der Waals surface area contributed by atoms with E-state index in [9.17, 15) is 0 Å². The Morgan fingerprint density at radius 1 is 0.333 bits per heavy atom. The maximum atomic E-state index is 6.24. The predicted molar refractivity (Wildman–Crippen MR) is 225 cm³/mol. The molecule has 11 rings (SSSR count). The second-order valence-corrected chi connectivity index (χ2v) is 14.6. The van der Waals surface area contributed by atoms with Gasteiger partial charge in [0.25, 0.3) is 0 Å². The summed E-state index contributed by atoms with van der Waals surface area (Å²) in [5, 5.41) is 7.05. The van der Waals surface area contributed by atoms with Crippen LogP contribution in [0.5, 0.6) is 0 Å². The van der Waals surface area contributed by atoms with E-state index in [0.29, 0.717) is 17.5 Å². The molecule has 0 atom stereocenters. The molecule has 8 aromatic carbocycles. The molecule has 0 aliphatic rings. The van der Waals surface area contributed by atoms with Gasteiger partial charge < -0.3 is 4.42 Å². The highest BCUT2D eigenvalue weighted by Gasteiger charge is 2.18. The van der Waals surface area contributed by atoms with Crippen LogP contribution >= 0.6 is 11.3 Å². The molecule has 0 fully saturated rings. The van der Waals surface area contributed by atoms with Crippen molar-refractivity contribution >= 4 is 64.2 Å². The first kappa shape index (κ1) is 30.7. The lowest BCUT2D eigenvalue weighted by atomic mass is 9.95. The molecule has 0 aliphatic carbocycles. The van der Waals surface area contributed by atoms with Gasteiger partial charge in [0.2, 0.25) is 0 Å². The van der Waals surface area contributed by atoms with Gasteiger partial charge in [-0.25, -0.2) is 15.0 Å². The first-order valence-corrected chi connectivity index (χ1v) is 18.8. The fourth-order valence-corrected chi connectivity index (χ4v) is 9.11. The minimum Gasteiger partial charge on any atom is -0.456 e. The maximum absolute atomic E-state index is 6.24. The fraction of sp³-hybridized carbons (Fsp3) is 0. The molecule has 0 spiro atoms. The molecule has 0 bridgehead atoms. The highest BCUT2D eigenvalue weighted by atomic mass is 32.1. The van der Waals surface area contributed by atoms with Gasteiger partial charge >= 0.3 is 0 Å². The number of fused-ring (bicyclic) bond motifs is 7. The van der Waals surface area contributed by atoms with Gasteiger partial charge in [0, 0.05) is 53.2 Å². The van der Waals surface area contributed by atoms with Gasteiger partial charge in [-0.3, -0.25) is 0 Å². The molecule has 54 heavy (non-hydrogen) atoms. The van der Waals surface area contributed by atoms with Gasteiger partial charge in [-0.15, -0.1) is 11.3 Å². The summed E-state index contributed by atoms with van der Waals surface area (Å²) < 4.78 is 8.85. The van der Waals surface area contributed by atoms with E-state index in [1.165, 1.54) is 47.8 Å². The normalized spacial score (nSPS) is 11.7. The van der Waals surface area contributed by atoms with Crippen LogP contribution in [-0.2, 0) is 0 Å². The largest absolute Gasteiger partial charge is 0.456 e. The minimum absolute atomic E-state index is 0.598. The Hall–Kier alpha value is -6.95. The zero-order valence-corrected chi connectivity index (χ0v) is 29.7. The van der Waals surface area contributed by atoms with E-state index in [-0.39, 0.29) is 0 Å². The summed E-state index contributed by atoms with van der Waals surface area (Å²) in [7, 11) is 0. The number of benzene rings is 8. The van der Waals surface area contributed by atoms with E-state index < -0.39 is 0 Å². The van der Waals surface area contributed by atoms with Crippen molar-refractivity contribution in [1.82, 2.24) is 15.0 Å². The number of para-hydroxylation sites is 1. The first-order chi connectivity index (χ1) is 26.7. The van der Waals surface area contributed by atoms with Crippen molar-refractivity contribution in [2.75, 3.05) is 0 Å². The van der Waals surface area contributed by atoms with Crippen molar-refractivity contribution in [3.05, 3.63) is 176 Å². The third kappa shape index (κ3) is 5.01. The second-order valence-electron chi connectivity index (χ2n) is 13.6. The van der Waals surface area contributed by atoms with Crippen LogP contribution in [0.2, 0.25) is 0 Å². The molecule has 0 amide bonds. The smallest absolute Gasteiger partial charge is 0.164 e. The topological polar surface area (TPSA) is 51.8 Å². The van der Waals surface area contributed by atoms with Crippen LogP contribution in [0.1, 0.15) is 0 Å². The molecule has 0 N–H and O–H groups in total. The van der Waals surface area contributed by atoms with Crippen molar-refractivity contribution in [1.29, 1.82) is 0 Å². The summed E-state index contributed by atoms with van der Waals surface area (Å²) in [5.41, 5.74) is 9.35. The average Bonchev–Trinajstić information content (AvgIpc) is 3.82. The fourth-order valence-electron chi connectivity index (χ4n) is 7.75. The van der Waals surface area contributed by atoms with Gasteiger partial charge in [0.05, 0.1) is 0 Å². The van der Waals surface area contributed by atoms with E-state index in [4.69, 9.17) is 19.4 Å². The molecular formula is C49H29N3OS. The minimum atomic E-state index is 0.598. The number of hydrogen-bond acceptors (Lipinski definition) is 5. The highest BCUT2D eigenvalue weighted by molar-refractivity contribution is 7.26. The van der Waals surface area contributed by atoms with E-state index in [0.717, 1.165) is 44.0 Å². The van der Waals surface area contributed by atoms with Crippen molar-refractivity contribution < 1.29 is 4.42 Å². The van der Waals surface area contributed by atoms with E-state index in [2.05, 4.69) is 121 Å². The van der Waals surface area contributed by atoms with Crippen LogP contribution in [0.4, 0.5) is 0 Å². The summed E-state index contributed by atoms with van der Waals surface area (Å²) in [6.45, 7) is 0. The molecular weight excluding hydrogens is 679 g/mol. The van der Waals surface area contributed by atoms with Crippen LogP contribution in [0.15, 0.2) is 180 Å². The summed E-state index contributed by atoms with van der Waals surface area (Å²) in [6.07, 6.45) is 0. The van der Waals surface area contributed by atoms with Crippen molar-refractivity contribution in [2.45, 2.75) is 0 Å².